The Kier molecular flexibility index (Phi) is 27.7. The standard InChI is InChI=1S/C33H60O4/c1-3-5-7-9-11-13-15-16-17-18-19-21-23-25-27-29-33(36)37-31(30-32(34)35)28-26-24-22-20-14-12-10-8-6-4-2/h11,13,16-17,31H,3-10,12,14-15,18-30H2,1-2H3,(H,34,35)/b13-11-,17-16-. The van der Waals surface area contributed by atoms with Gasteiger partial charge in [0.2, 0.25) is 0 Å². The minimum Gasteiger partial charge on any atom is -0.481 e. The Hall–Kier alpha value is -1.58. The van der Waals surface area contributed by atoms with Gasteiger partial charge in [-0.15, -0.1) is 0 Å². The molecule has 0 radical (unpaired) electrons. The first-order valence-electron chi connectivity index (χ1n) is 15.8. The zero-order valence-corrected chi connectivity index (χ0v) is 24.5. The lowest BCUT2D eigenvalue weighted by Gasteiger charge is -2.16. The van der Waals surface area contributed by atoms with Crippen LogP contribution in [0.5, 0.6) is 0 Å². The van der Waals surface area contributed by atoms with E-state index in [1.54, 1.807) is 0 Å². The van der Waals surface area contributed by atoms with E-state index in [2.05, 4.69) is 38.2 Å². The van der Waals surface area contributed by atoms with Crippen LogP contribution in [0.3, 0.4) is 0 Å². The van der Waals surface area contributed by atoms with Crippen molar-refractivity contribution in [1.29, 1.82) is 0 Å². The topological polar surface area (TPSA) is 63.6 Å². The normalized spacial score (nSPS) is 12.5. The number of rotatable bonds is 28. The highest BCUT2D eigenvalue weighted by Gasteiger charge is 2.17. The molecule has 1 N–H and O–H groups in total. The fraction of sp³-hybridized carbons (Fsp3) is 0.818. The molecular formula is C33H60O4. The number of esters is 1. The van der Waals surface area contributed by atoms with Crippen molar-refractivity contribution < 1.29 is 19.4 Å². The molecule has 0 aromatic heterocycles. The molecule has 0 heterocycles. The summed E-state index contributed by atoms with van der Waals surface area (Å²) in [7, 11) is 0. The molecule has 0 aliphatic carbocycles. The molecule has 4 nitrogen and oxygen atoms in total. The molecule has 37 heavy (non-hydrogen) atoms. The molecule has 0 aliphatic rings. The molecule has 1 unspecified atom stereocenters. The lowest BCUT2D eigenvalue weighted by molar-refractivity contribution is -0.153. The summed E-state index contributed by atoms with van der Waals surface area (Å²) in [5.74, 6) is -1.12. The summed E-state index contributed by atoms with van der Waals surface area (Å²) in [6.07, 6.45) is 34.7. The maximum atomic E-state index is 12.2. The predicted molar refractivity (Wildman–Crippen MR) is 158 cm³/mol. The van der Waals surface area contributed by atoms with E-state index in [9.17, 15) is 14.7 Å². The zero-order chi connectivity index (χ0) is 27.2. The van der Waals surface area contributed by atoms with Gasteiger partial charge in [0.15, 0.2) is 0 Å². The van der Waals surface area contributed by atoms with E-state index in [0.29, 0.717) is 12.8 Å². The van der Waals surface area contributed by atoms with Crippen LogP contribution in [0.2, 0.25) is 0 Å². The van der Waals surface area contributed by atoms with E-state index >= 15 is 0 Å². The lowest BCUT2D eigenvalue weighted by Crippen LogP contribution is -2.21. The summed E-state index contributed by atoms with van der Waals surface area (Å²) in [6.45, 7) is 4.48. The highest BCUT2D eigenvalue weighted by molar-refractivity contribution is 5.71. The number of carboxylic acid groups (broad SMARTS) is 1. The van der Waals surface area contributed by atoms with Crippen molar-refractivity contribution in [3.05, 3.63) is 24.3 Å². The van der Waals surface area contributed by atoms with Gasteiger partial charge in [0.05, 0.1) is 6.42 Å². The molecule has 4 heteroatoms. The molecule has 0 fully saturated rings. The summed E-state index contributed by atoms with van der Waals surface area (Å²) in [4.78, 5) is 23.4. The SMILES string of the molecule is CCCCC/C=C\C/C=C\CCCCCCCC(=O)OC(CCCCCCCCCCCC)CC(=O)O. The molecule has 0 bridgehead atoms. The van der Waals surface area contributed by atoms with Gasteiger partial charge in [0.25, 0.3) is 0 Å². The second kappa shape index (κ2) is 29.0. The minimum atomic E-state index is -0.887. The number of carbonyl (C=O) groups is 2. The Bertz CT molecular complexity index is 567. The highest BCUT2D eigenvalue weighted by Crippen LogP contribution is 2.16. The third kappa shape index (κ3) is 28.8. The van der Waals surface area contributed by atoms with Crippen LogP contribution in [0.25, 0.3) is 0 Å². The third-order valence-electron chi connectivity index (χ3n) is 6.91. The first-order chi connectivity index (χ1) is 18.1. The number of carbonyl (C=O) groups excluding carboxylic acids is 1. The highest BCUT2D eigenvalue weighted by atomic mass is 16.5. The van der Waals surface area contributed by atoms with E-state index in [1.165, 1.54) is 89.9 Å². The van der Waals surface area contributed by atoms with Crippen molar-refractivity contribution >= 4 is 11.9 Å². The Labute approximate surface area is 229 Å². The van der Waals surface area contributed by atoms with E-state index in [4.69, 9.17) is 4.74 Å². The van der Waals surface area contributed by atoms with Gasteiger partial charge in [0, 0.05) is 6.42 Å². The predicted octanol–water partition coefficient (Wildman–Crippen LogP) is 10.5. The molecule has 0 aromatic rings. The van der Waals surface area contributed by atoms with Crippen LogP contribution >= 0.6 is 0 Å². The largest absolute Gasteiger partial charge is 0.481 e. The third-order valence-corrected chi connectivity index (χ3v) is 6.91. The van der Waals surface area contributed by atoms with Gasteiger partial charge in [-0.2, -0.15) is 0 Å². The fourth-order valence-corrected chi connectivity index (χ4v) is 4.58. The van der Waals surface area contributed by atoms with Gasteiger partial charge in [-0.1, -0.05) is 128 Å². The molecule has 0 aliphatic heterocycles. The summed E-state index contributed by atoms with van der Waals surface area (Å²) in [5.41, 5.74) is 0. The van der Waals surface area contributed by atoms with Gasteiger partial charge in [-0.25, -0.2) is 0 Å². The summed E-state index contributed by atoms with van der Waals surface area (Å²) < 4.78 is 5.53. The Balaban J connectivity index is 3.73. The van der Waals surface area contributed by atoms with E-state index < -0.39 is 12.1 Å². The Morgan fingerprint density at radius 1 is 0.622 bits per heavy atom. The van der Waals surface area contributed by atoms with Crippen LogP contribution in [-0.4, -0.2) is 23.1 Å². The fourth-order valence-electron chi connectivity index (χ4n) is 4.58. The summed E-state index contributed by atoms with van der Waals surface area (Å²) in [6, 6.07) is 0. The van der Waals surface area contributed by atoms with Gasteiger partial charge >= 0.3 is 11.9 Å². The van der Waals surface area contributed by atoms with Crippen LogP contribution in [0.1, 0.15) is 168 Å². The molecule has 0 amide bonds. The van der Waals surface area contributed by atoms with Crippen LogP contribution < -0.4 is 0 Å². The van der Waals surface area contributed by atoms with Crippen LogP contribution in [0, 0.1) is 0 Å². The monoisotopic (exact) mass is 520 g/mol. The van der Waals surface area contributed by atoms with Gasteiger partial charge < -0.3 is 9.84 Å². The van der Waals surface area contributed by atoms with Crippen molar-refractivity contribution in [1.82, 2.24) is 0 Å². The number of carboxylic acids is 1. The van der Waals surface area contributed by atoms with Crippen molar-refractivity contribution in [2.75, 3.05) is 0 Å². The molecule has 0 aromatic carbocycles. The number of unbranched alkanes of at least 4 members (excludes halogenated alkanes) is 17. The summed E-state index contributed by atoms with van der Waals surface area (Å²) >= 11 is 0. The smallest absolute Gasteiger partial charge is 0.307 e. The first kappa shape index (κ1) is 35.4. The number of hydrogen-bond acceptors (Lipinski definition) is 3. The van der Waals surface area contributed by atoms with Crippen LogP contribution in [0.4, 0.5) is 0 Å². The average molecular weight is 521 g/mol. The quantitative estimate of drug-likeness (QED) is 0.0633. The number of ether oxygens (including phenoxy) is 1. The van der Waals surface area contributed by atoms with E-state index in [0.717, 1.165) is 44.9 Å². The van der Waals surface area contributed by atoms with Gasteiger partial charge in [0.1, 0.15) is 6.10 Å². The van der Waals surface area contributed by atoms with Crippen molar-refractivity contribution in [2.24, 2.45) is 0 Å². The van der Waals surface area contributed by atoms with Crippen molar-refractivity contribution in [3.63, 3.8) is 0 Å². The summed E-state index contributed by atoms with van der Waals surface area (Å²) in [5, 5.41) is 9.18. The van der Waals surface area contributed by atoms with Crippen molar-refractivity contribution in [3.8, 4) is 0 Å². The van der Waals surface area contributed by atoms with E-state index in [-0.39, 0.29) is 12.4 Å². The number of hydrogen-bond donors (Lipinski definition) is 1. The molecule has 0 spiro atoms. The second-order valence-corrected chi connectivity index (χ2v) is 10.7. The average Bonchev–Trinajstić information content (AvgIpc) is 2.87. The first-order valence-corrected chi connectivity index (χ1v) is 15.8. The van der Waals surface area contributed by atoms with Gasteiger partial charge in [-0.3, -0.25) is 9.59 Å². The molecule has 0 saturated carbocycles. The van der Waals surface area contributed by atoms with Crippen LogP contribution in [-0.2, 0) is 14.3 Å². The number of aliphatic carboxylic acids is 1. The zero-order valence-electron chi connectivity index (χ0n) is 24.5. The van der Waals surface area contributed by atoms with Gasteiger partial charge in [-0.05, 0) is 51.4 Å². The lowest BCUT2D eigenvalue weighted by atomic mass is 10.0. The number of allylic oxidation sites excluding steroid dienone is 4. The Morgan fingerprint density at radius 2 is 1.08 bits per heavy atom. The Morgan fingerprint density at radius 3 is 1.65 bits per heavy atom. The minimum absolute atomic E-state index is 0.0780. The molecular weight excluding hydrogens is 460 g/mol. The molecule has 0 rings (SSSR count). The maximum Gasteiger partial charge on any atom is 0.307 e. The second-order valence-electron chi connectivity index (χ2n) is 10.7. The van der Waals surface area contributed by atoms with E-state index in [1.807, 2.05) is 0 Å². The van der Waals surface area contributed by atoms with Crippen LogP contribution in [0.15, 0.2) is 24.3 Å². The molecule has 216 valence electrons. The van der Waals surface area contributed by atoms with Crippen molar-refractivity contribution in [2.45, 2.75) is 174 Å². The maximum absolute atomic E-state index is 12.2. The molecule has 0 saturated heterocycles. The molecule has 1 atom stereocenters.